The summed E-state index contributed by atoms with van der Waals surface area (Å²) in [5.41, 5.74) is 2.04. The molecular weight excluding hydrogens is 180 g/mol. The predicted octanol–water partition coefficient (Wildman–Crippen LogP) is 1.41. The lowest BCUT2D eigenvalue weighted by molar-refractivity contribution is -0.139. The summed E-state index contributed by atoms with van der Waals surface area (Å²) in [6, 6.07) is 0. The van der Waals surface area contributed by atoms with Crippen molar-refractivity contribution >= 4 is 5.97 Å². The van der Waals surface area contributed by atoms with E-state index >= 15 is 0 Å². The van der Waals surface area contributed by atoms with E-state index in [2.05, 4.69) is 5.10 Å². The van der Waals surface area contributed by atoms with E-state index < -0.39 is 5.97 Å². The molecule has 1 heterocycles. The van der Waals surface area contributed by atoms with Crippen LogP contribution in [0.5, 0.6) is 0 Å². The fourth-order valence-corrected chi connectivity index (χ4v) is 2.16. The lowest BCUT2D eigenvalue weighted by Gasteiger charge is -2.20. The molecule has 0 radical (unpaired) electrons. The number of carbonyl (C=O) groups is 1. The number of carboxylic acids is 1. The van der Waals surface area contributed by atoms with E-state index in [4.69, 9.17) is 5.11 Å². The maximum atomic E-state index is 11.0. The van der Waals surface area contributed by atoms with E-state index in [1.165, 1.54) is 0 Å². The van der Waals surface area contributed by atoms with E-state index in [-0.39, 0.29) is 5.92 Å². The molecule has 1 N–H and O–H groups in total. The molecule has 0 spiro atoms. The van der Waals surface area contributed by atoms with Gasteiger partial charge in [-0.15, -0.1) is 0 Å². The Bertz CT molecular complexity index is 344. The quantitative estimate of drug-likeness (QED) is 0.774. The highest BCUT2D eigenvalue weighted by Crippen LogP contribution is 2.31. The van der Waals surface area contributed by atoms with Gasteiger partial charge in [-0.05, 0) is 31.7 Å². The van der Waals surface area contributed by atoms with Crippen LogP contribution in [0.1, 0.15) is 36.9 Å². The highest BCUT2D eigenvalue weighted by atomic mass is 16.4. The molecule has 0 saturated heterocycles. The number of aromatic nitrogens is 2. The van der Waals surface area contributed by atoms with Crippen molar-refractivity contribution in [3.05, 3.63) is 17.5 Å². The van der Waals surface area contributed by atoms with E-state index in [1.54, 1.807) is 0 Å². The number of nitrogens with zero attached hydrogens (tertiary/aromatic N) is 2. The molecule has 1 unspecified atom stereocenters. The van der Waals surface area contributed by atoms with Crippen LogP contribution < -0.4 is 0 Å². The van der Waals surface area contributed by atoms with E-state index in [9.17, 15) is 4.79 Å². The van der Waals surface area contributed by atoms with Crippen molar-refractivity contribution in [3.63, 3.8) is 0 Å². The normalized spacial score (nSPS) is 20.5. The molecule has 2 rings (SSSR count). The number of carboxylic acid groups (broad SMARTS) is 1. The summed E-state index contributed by atoms with van der Waals surface area (Å²) < 4.78 is 1.81. The second-order valence-corrected chi connectivity index (χ2v) is 3.65. The van der Waals surface area contributed by atoms with Crippen molar-refractivity contribution in [1.29, 1.82) is 0 Å². The molecule has 4 heteroatoms. The number of hydrogen-bond donors (Lipinski definition) is 1. The van der Waals surface area contributed by atoms with Gasteiger partial charge in [0.2, 0.25) is 0 Å². The predicted molar refractivity (Wildman–Crippen MR) is 51.2 cm³/mol. The number of rotatable bonds is 2. The number of aryl methyl sites for hydroxylation is 2. The minimum atomic E-state index is -0.721. The molecule has 0 saturated carbocycles. The van der Waals surface area contributed by atoms with Gasteiger partial charge in [-0.1, -0.05) is 0 Å². The second kappa shape index (κ2) is 3.44. The first-order valence-corrected chi connectivity index (χ1v) is 5.01. The molecule has 4 nitrogen and oxygen atoms in total. The summed E-state index contributed by atoms with van der Waals surface area (Å²) in [6.45, 7) is 2.74. The lowest BCUT2D eigenvalue weighted by atomic mass is 9.88. The fraction of sp³-hybridized carbons (Fsp3) is 0.600. The molecular formula is C10H14N2O2. The van der Waals surface area contributed by atoms with Crippen LogP contribution in [0.2, 0.25) is 0 Å². The Hall–Kier alpha value is -1.32. The molecule has 0 fully saturated rings. The maximum Gasteiger partial charge on any atom is 0.312 e. The van der Waals surface area contributed by atoms with Gasteiger partial charge in [0.1, 0.15) is 0 Å². The first-order valence-electron chi connectivity index (χ1n) is 5.01. The van der Waals surface area contributed by atoms with Crippen molar-refractivity contribution in [2.24, 2.45) is 0 Å². The summed E-state index contributed by atoms with van der Waals surface area (Å²) in [5, 5.41) is 13.3. The largest absolute Gasteiger partial charge is 0.481 e. The smallest absolute Gasteiger partial charge is 0.312 e. The molecule has 0 aromatic carbocycles. The van der Waals surface area contributed by atoms with Gasteiger partial charge < -0.3 is 5.11 Å². The van der Waals surface area contributed by atoms with Crippen LogP contribution >= 0.6 is 0 Å². The zero-order valence-electron chi connectivity index (χ0n) is 8.23. The summed E-state index contributed by atoms with van der Waals surface area (Å²) in [5.74, 6) is -1.07. The maximum absolute atomic E-state index is 11.0. The summed E-state index contributed by atoms with van der Waals surface area (Å²) in [6.07, 6.45) is 4.49. The third kappa shape index (κ3) is 1.31. The van der Waals surface area contributed by atoms with Crippen LogP contribution in [-0.2, 0) is 17.8 Å². The highest BCUT2D eigenvalue weighted by molar-refractivity contribution is 5.76. The Labute approximate surface area is 82.5 Å². The minimum absolute atomic E-state index is 0.346. The molecule has 0 aliphatic heterocycles. The monoisotopic (exact) mass is 194 g/mol. The first-order chi connectivity index (χ1) is 6.74. The highest BCUT2D eigenvalue weighted by Gasteiger charge is 2.29. The molecule has 0 amide bonds. The van der Waals surface area contributed by atoms with Crippen molar-refractivity contribution in [2.45, 2.75) is 38.6 Å². The fourth-order valence-electron chi connectivity index (χ4n) is 2.16. The van der Waals surface area contributed by atoms with Gasteiger partial charge in [0.15, 0.2) is 0 Å². The zero-order valence-corrected chi connectivity index (χ0v) is 8.23. The Balaban J connectivity index is 2.44. The van der Waals surface area contributed by atoms with Crippen molar-refractivity contribution in [3.8, 4) is 0 Å². The van der Waals surface area contributed by atoms with Gasteiger partial charge >= 0.3 is 5.97 Å². The van der Waals surface area contributed by atoms with Crippen LogP contribution in [0.4, 0.5) is 0 Å². The molecule has 76 valence electrons. The molecule has 1 aromatic rings. The average molecular weight is 194 g/mol. The molecule has 1 aliphatic rings. The van der Waals surface area contributed by atoms with Crippen LogP contribution in [0, 0.1) is 0 Å². The lowest BCUT2D eigenvalue weighted by Crippen LogP contribution is -2.21. The standard InChI is InChI=1S/C10H14N2O2/c1-2-12-9-7(6-11-12)4-3-5-8(9)10(13)14/h6,8H,2-5H2,1H3,(H,13,14). The third-order valence-electron chi connectivity index (χ3n) is 2.83. The molecule has 1 aromatic heterocycles. The Morgan fingerprint density at radius 2 is 2.57 bits per heavy atom. The van der Waals surface area contributed by atoms with Crippen molar-refractivity contribution in [2.75, 3.05) is 0 Å². The summed E-state index contributed by atoms with van der Waals surface area (Å²) in [7, 11) is 0. The summed E-state index contributed by atoms with van der Waals surface area (Å²) in [4.78, 5) is 11.0. The molecule has 1 atom stereocenters. The Morgan fingerprint density at radius 3 is 3.21 bits per heavy atom. The van der Waals surface area contributed by atoms with Gasteiger partial charge in [0.25, 0.3) is 0 Å². The van der Waals surface area contributed by atoms with Crippen LogP contribution in [0.15, 0.2) is 6.20 Å². The second-order valence-electron chi connectivity index (χ2n) is 3.65. The van der Waals surface area contributed by atoms with Crippen molar-refractivity contribution < 1.29 is 9.90 Å². The van der Waals surface area contributed by atoms with Gasteiger partial charge in [-0.3, -0.25) is 9.48 Å². The number of aliphatic carboxylic acids is 1. The first kappa shape index (κ1) is 9.24. The number of fused-ring (bicyclic) bond motifs is 1. The average Bonchev–Trinajstić information content (AvgIpc) is 2.59. The summed E-state index contributed by atoms with van der Waals surface area (Å²) >= 11 is 0. The Kier molecular flexibility index (Phi) is 2.27. The molecule has 1 aliphatic carbocycles. The Morgan fingerprint density at radius 1 is 1.79 bits per heavy atom. The minimum Gasteiger partial charge on any atom is -0.481 e. The third-order valence-corrected chi connectivity index (χ3v) is 2.83. The van der Waals surface area contributed by atoms with Gasteiger partial charge in [-0.2, -0.15) is 5.10 Å². The SMILES string of the molecule is CCn1ncc2c1C(C(=O)O)CCC2. The van der Waals surface area contributed by atoms with E-state index in [1.807, 2.05) is 17.8 Å². The van der Waals surface area contributed by atoms with Gasteiger partial charge in [0.05, 0.1) is 17.8 Å². The van der Waals surface area contributed by atoms with Gasteiger partial charge in [0, 0.05) is 6.54 Å². The number of hydrogen-bond acceptors (Lipinski definition) is 2. The van der Waals surface area contributed by atoms with Gasteiger partial charge in [-0.25, -0.2) is 0 Å². The topological polar surface area (TPSA) is 55.1 Å². The van der Waals surface area contributed by atoms with E-state index in [0.717, 1.165) is 37.1 Å². The molecule has 14 heavy (non-hydrogen) atoms. The van der Waals surface area contributed by atoms with Crippen molar-refractivity contribution in [1.82, 2.24) is 9.78 Å². The van der Waals surface area contributed by atoms with Crippen LogP contribution in [-0.4, -0.2) is 20.9 Å². The molecule has 0 bridgehead atoms. The van der Waals surface area contributed by atoms with Crippen LogP contribution in [0.25, 0.3) is 0 Å². The van der Waals surface area contributed by atoms with Crippen LogP contribution in [0.3, 0.4) is 0 Å². The van der Waals surface area contributed by atoms with E-state index in [0.29, 0.717) is 0 Å². The zero-order chi connectivity index (χ0) is 10.1.